The SMILES string of the molecule is CCC(O)CCC(C)C(c1[nH]c2ccccc2c1CCO)c1c(O)c2ccccc2[nH]c1=O. The van der Waals surface area contributed by atoms with Gasteiger partial charge < -0.3 is 25.3 Å². The second-order valence-corrected chi connectivity index (χ2v) is 8.89. The quantitative estimate of drug-likeness (QED) is 0.258. The third kappa shape index (κ3) is 4.41. The van der Waals surface area contributed by atoms with E-state index in [2.05, 4.69) is 16.9 Å². The summed E-state index contributed by atoms with van der Waals surface area (Å²) < 4.78 is 0. The van der Waals surface area contributed by atoms with Gasteiger partial charge in [0, 0.05) is 34.5 Å². The number of hydrogen-bond donors (Lipinski definition) is 5. The molecule has 0 spiro atoms. The van der Waals surface area contributed by atoms with Gasteiger partial charge in [-0.1, -0.05) is 44.2 Å². The molecule has 0 fully saturated rings. The minimum absolute atomic E-state index is 0.0177. The second-order valence-electron chi connectivity index (χ2n) is 8.89. The molecule has 0 aliphatic carbocycles. The standard InChI is InChI=1S/C27H32N2O4/c1-3-17(31)13-12-16(2)23(24-26(32)20-9-5-7-11-22(20)29-27(24)33)25-19(14-15-30)18-8-4-6-10-21(18)28-25/h4-11,16-17,23,28,30-31H,3,12-15H2,1-2H3,(H2,29,32,33). The molecule has 2 aromatic carbocycles. The van der Waals surface area contributed by atoms with E-state index in [4.69, 9.17) is 0 Å². The number of benzene rings is 2. The topological polar surface area (TPSA) is 109 Å². The number of hydrogen-bond acceptors (Lipinski definition) is 4. The Morgan fingerprint density at radius 3 is 2.24 bits per heavy atom. The van der Waals surface area contributed by atoms with E-state index in [9.17, 15) is 20.1 Å². The number of aliphatic hydroxyl groups is 2. The zero-order chi connectivity index (χ0) is 23.5. The van der Waals surface area contributed by atoms with Gasteiger partial charge in [-0.25, -0.2) is 0 Å². The lowest BCUT2D eigenvalue weighted by molar-refractivity contribution is 0.150. The molecule has 0 aliphatic heterocycles. The van der Waals surface area contributed by atoms with Crippen LogP contribution in [0.4, 0.5) is 0 Å². The Balaban J connectivity index is 1.95. The minimum atomic E-state index is -0.434. The highest BCUT2D eigenvalue weighted by molar-refractivity contribution is 5.87. The summed E-state index contributed by atoms with van der Waals surface area (Å²) in [4.78, 5) is 19.8. The number of nitrogens with one attached hydrogen (secondary N) is 2. The van der Waals surface area contributed by atoms with Gasteiger partial charge in [-0.05, 0) is 55.4 Å². The number of aromatic hydroxyl groups is 1. The molecular formula is C27H32N2O4. The summed E-state index contributed by atoms with van der Waals surface area (Å²) in [6, 6.07) is 15.1. The van der Waals surface area contributed by atoms with E-state index in [1.807, 2.05) is 43.3 Å². The first-order valence-electron chi connectivity index (χ1n) is 11.7. The number of rotatable bonds is 9. The molecular weight excluding hydrogens is 416 g/mol. The molecule has 2 aromatic heterocycles. The number of aliphatic hydroxyl groups excluding tert-OH is 2. The van der Waals surface area contributed by atoms with Gasteiger partial charge in [-0.3, -0.25) is 4.79 Å². The van der Waals surface area contributed by atoms with Crippen molar-refractivity contribution in [2.45, 2.75) is 51.6 Å². The maximum atomic E-state index is 13.3. The number of aromatic nitrogens is 2. The van der Waals surface area contributed by atoms with Crippen LogP contribution in [0.5, 0.6) is 5.75 Å². The lowest BCUT2D eigenvalue weighted by Gasteiger charge is -2.26. The van der Waals surface area contributed by atoms with Crippen LogP contribution in [0, 0.1) is 5.92 Å². The molecule has 0 amide bonds. The van der Waals surface area contributed by atoms with Crippen LogP contribution in [0.25, 0.3) is 21.8 Å². The van der Waals surface area contributed by atoms with E-state index in [0.29, 0.717) is 42.1 Å². The average Bonchev–Trinajstić information content (AvgIpc) is 3.18. The fraction of sp³-hybridized carbons (Fsp3) is 0.370. The molecule has 6 heteroatoms. The van der Waals surface area contributed by atoms with Crippen LogP contribution in [0.15, 0.2) is 53.3 Å². The lowest BCUT2D eigenvalue weighted by Crippen LogP contribution is -2.24. The van der Waals surface area contributed by atoms with Crippen LogP contribution in [0.1, 0.15) is 55.8 Å². The predicted octanol–water partition coefficient (Wildman–Crippen LogP) is 4.57. The zero-order valence-electron chi connectivity index (χ0n) is 19.1. The molecule has 4 rings (SSSR count). The van der Waals surface area contributed by atoms with Crippen molar-refractivity contribution in [3.05, 3.63) is 75.7 Å². The van der Waals surface area contributed by atoms with Gasteiger partial charge in [-0.15, -0.1) is 0 Å². The number of para-hydroxylation sites is 2. The molecule has 0 aliphatic rings. The fourth-order valence-corrected chi connectivity index (χ4v) is 4.94. The largest absolute Gasteiger partial charge is 0.507 e. The number of aromatic amines is 2. The van der Waals surface area contributed by atoms with Gasteiger partial charge in [0.25, 0.3) is 5.56 Å². The minimum Gasteiger partial charge on any atom is -0.507 e. The first kappa shape index (κ1) is 23.1. The predicted molar refractivity (Wildman–Crippen MR) is 132 cm³/mol. The van der Waals surface area contributed by atoms with Crippen LogP contribution in [-0.4, -0.2) is 38.0 Å². The molecule has 4 aromatic rings. The van der Waals surface area contributed by atoms with Crippen molar-refractivity contribution in [2.75, 3.05) is 6.61 Å². The Kier molecular flexibility index (Phi) is 6.86. The Morgan fingerprint density at radius 1 is 0.939 bits per heavy atom. The Morgan fingerprint density at radius 2 is 1.58 bits per heavy atom. The van der Waals surface area contributed by atoms with Crippen molar-refractivity contribution in [1.82, 2.24) is 9.97 Å². The van der Waals surface area contributed by atoms with Crippen LogP contribution in [0.2, 0.25) is 0 Å². The summed E-state index contributed by atoms with van der Waals surface area (Å²) in [5.74, 6) is -0.503. The first-order valence-corrected chi connectivity index (χ1v) is 11.7. The molecule has 174 valence electrons. The van der Waals surface area contributed by atoms with Crippen molar-refractivity contribution in [3.63, 3.8) is 0 Å². The van der Waals surface area contributed by atoms with Gasteiger partial charge in [-0.2, -0.15) is 0 Å². The number of pyridine rings is 1. The Hall–Kier alpha value is -3.09. The maximum absolute atomic E-state index is 13.3. The highest BCUT2D eigenvalue weighted by Gasteiger charge is 2.32. The van der Waals surface area contributed by atoms with E-state index in [1.165, 1.54) is 0 Å². The summed E-state index contributed by atoms with van der Waals surface area (Å²) in [5, 5.41) is 32.9. The lowest BCUT2D eigenvalue weighted by atomic mass is 9.79. The molecule has 5 N–H and O–H groups in total. The number of H-pyrrole nitrogens is 2. The Bertz CT molecular complexity index is 1310. The molecule has 2 heterocycles. The third-order valence-electron chi connectivity index (χ3n) is 6.76. The fourth-order valence-electron chi connectivity index (χ4n) is 4.94. The molecule has 0 saturated heterocycles. The molecule has 3 atom stereocenters. The third-order valence-corrected chi connectivity index (χ3v) is 6.76. The molecule has 3 unspecified atom stereocenters. The van der Waals surface area contributed by atoms with Gasteiger partial charge >= 0.3 is 0 Å². The molecule has 0 saturated carbocycles. The van der Waals surface area contributed by atoms with Gasteiger partial charge in [0.2, 0.25) is 0 Å². The highest BCUT2D eigenvalue weighted by Crippen LogP contribution is 2.42. The summed E-state index contributed by atoms with van der Waals surface area (Å²) in [5.41, 5.74) is 3.29. The molecule has 0 radical (unpaired) electrons. The average molecular weight is 449 g/mol. The van der Waals surface area contributed by atoms with E-state index < -0.39 is 12.0 Å². The molecule has 33 heavy (non-hydrogen) atoms. The van der Waals surface area contributed by atoms with Crippen molar-refractivity contribution < 1.29 is 15.3 Å². The van der Waals surface area contributed by atoms with Crippen LogP contribution in [0.3, 0.4) is 0 Å². The van der Waals surface area contributed by atoms with Crippen molar-refractivity contribution in [2.24, 2.45) is 5.92 Å². The van der Waals surface area contributed by atoms with E-state index >= 15 is 0 Å². The van der Waals surface area contributed by atoms with E-state index in [0.717, 1.165) is 22.2 Å². The summed E-state index contributed by atoms with van der Waals surface area (Å²) in [6.07, 6.45) is 1.99. The zero-order valence-corrected chi connectivity index (χ0v) is 19.1. The molecule has 6 nitrogen and oxygen atoms in total. The van der Waals surface area contributed by atoms with Crippen molar-refractivity contribution >= 4 is 21.8 Å². The van der Waals surface area contributed by atoms with Crippen LogP contribution < -0.4 is 5.56 Å². The van der Waals surface area contributed by atoms with Gasteiger partial charge in [0.15, 0.2) is 0 Å². The van der Waals surface area contributed by atoms with Crippen LogP contribution in [-0.2, 0) is 6.42 Å². The van der Waals surface area contributed by atoms with E-state index in [-0.39, 0.29) is 23.8 Å². The second kappa shape index (κ2) is 9.81. The van der Waals surface area contributed by atoms with Gasteiger partial charge in [0.1, 0.15) is 5.75 Å². The van der Waals surface area contributed by atoms with E-state index in [1.54, 1.807) is 12.1 Å². The summed E-state index contributed by atoms with van der Waals surface area (Å²) in [6.45, 7) is 3.98. The normalized spacial score (nSPS) is 14.5. The van der Waals surface area contributed by atoms with Crippen molar-refractivity contribution in [1.29, 1.82) is 0 Å². The smallest absolute Gasteiger partial charge is 0.256 e. The van der Waals surface area contributed by atoms with Crippen LogP contribution >= 0.6 is 0 Å². The highest BCUT2D eigenvalue weighted by atomic mass is 16.3. The maximum Gasteiger partial charge on any atom is 0.256 e. The summed E-state index contributed by atoms with van der Waals surface area (Å²) >= 11 is 0. The van der Waals surface area contributed by atoms with Crippen molar-refractivity contribution in [3.8, 4) is 5.75 Å². The first-order chi connectivity index (χ1) is 16.0. The van der Waals surface area contributed by atoms with Gasteiger partial charge in [0.05, 0.1) is 17.2 Å². The summed E-state index contributed by atoms with van der Waals surface area (Å²) in [7, 11) is 0. The Labute approximate surface area is 192 Å². The molecule has 0 bridgehead atoms. The number of fused-ring (bicyclic) bond motifs is 2. The monoisotopic (exact) mass is 448 g/mol.